The third kappa shape index (κ3) is 4.86. The zero-order chi connectivity index (χ0) is 25.4. The number of thiophene rings is 1. The molecule has 1 aromatic carbocycles. The molecule has 0 spiro atoms. The third-order valence-corrected chi connectivity index (χ3v) is 6.84. The van der Waals surface area contributed by atoms with Crippen LogP contribution in [0.5, 0.6) is 0 Å². The van der Waals surface area contributed by atoms with Gasteiger partial charge in [0.2, 0.25) is 0 Å². The standard InChI is InChI=1S/C21H13Cl2F4N3O4S/c1-33-21(32)17-13(22)10-4-2-8(6-12(10)35-17)28-20(31)11-5-3-9(34-11)7-30-16(19(26)27)14(23)15(29-30)18(24)25/h2-6,18-19H,7H2,1H3,(H,28,31). The second-order valence-electron chi connectivity index (χ2n) is 7.01. The number of fused-ring (bicyclic) bond motifs is 1. The molecule has 0 saturated heterocycles. The number of hydrogen-bond donors (Lipinski definition) is 1. The fourth-order valence-corrected chi connectivity index (χ4v) is 5.00. The van der Waals surface area contributed by atoms with Gasteiger partial charge in [-0.25, -0.2) is 22.4 Å². The fraction of sp³-hybridized carbons (Fsp3) is 0.190. The van der Waals surface area contributed by atoms with Crippen molar-refractivity contribution in [3.63, 3.8) is 0 Å². The minimum atomic E-state index is -3.15. The number of anilines is 1. The molecule has 0 atom stereocenters. The number of halogens is 6. The average Bonchev–Trinajstić information content (AvgIpc) is 3.49. The van der Waals surface area contributed by atoms with Crippen molar-refractivity contribution < 1.29 is 36.3 Å². The Kier molecular flexibility index (Phi) is 7.06. The summed E-state index contributed by atoms with van der Waals surface area (Å²) in [4.78, 5) is 24.6. The summed E-state index contributed by atoms with van der Waals surface area (Å²) >= 11 is 12.9. The maximum atomic E-state index is 13.3. The van der Waals surface area contributed by atoms with Gasteiger partial charge in [-0.05, 0) is 30.3 Å². The van der Waals surface area contributed by atoms with E-state index in [1.807, 2.05) is 0 Å². The first kappa shape index (κ1) is 25.0. The number of rotatable bonds is 7. The van der Waals surface area contributed by atoms with Gasteiger partial charge in [-0.3, -0.25) is 9.48 Å². The smallest absolute Gasteiger partial charge is 0.349 e. The molecule has 7 nitrogen and oxygen atoms in total. The highest BCUT2D eigenvalue weighted by Gasteiger charge is 2.28. The minimum absolute atomic E-state index is 0.0141. The Hall–Kier alpha value is -3.09. The number of nitrogens with one attached hydrogen (secondary N) is 1. The Balaban J connectivity index is 1.53. The molecular formula is C21H13Cl2F4N3O4S. The van der Waals surface area contributed by atoms with Crippen molar-refractivity contribution in [1.82, 2.24) is 9.78 Å². The van der Waals surface area contributed by atoms with Gasteiger partial charge in [0.15, 0.2) is 5.76 Å². The van der Waals surface area contributed by atoms with Crippen molar-refractivity contribution in [1.29, 1.82) is 0 Å². The summed E-state index contributed by atoms with van der Waals surface area (Å²) in [6.07, 6.45) is -6.29. The predicted octanol–water partition coefficient (Wildman–Crippen LogP) is 6.96. The van der Waals surface area contributed by atoms with Gasteiger partial charge in [0.1, 0.15) is 22.0 Å². The van der Waals surface area contributed by atoms with Crippen molar-refractivity contribution in [3.8, 4) is 0 Å². The summed E-state index contributed by atoms with van der Waals surface area (Å²) in [6.45, 7) is -0.449. The average molecular weight is 550 g/mol. The molecule has 184 valence electrons. The summed E-state index contributed by atoms with van der Waals surface area (Å²) in [5, 5.41) is 6.09. The van der Waals surface area contributed by atoms with E-state index in [-0.39, 0.29) is 21.4 Å². The van der Waals surface area contributed by atoms with Crippen LogP contribution in [0.4, 0.5) is 23.2 Å². The van der Waals surface area contributed by atoms with E-state index in [0.717, 1.165) is 11.3 Å². The Morgan fingerprint density at radius 3 is 2.54 bits per heavy atom. The molecule has 4 rings (SSSR count). The number of hydrogen-bond acceptors (Lipinski definition) is 6. The SMILES string of the molecule is COC(=O)c1sc2cc(NC(=O)c3ccc(Cn4nc(C(F)F)c(Cl)c4C(F)F)o3)ccc2c1Cl. The number of benzene rings is 1. The van der Waals surface area contributed by atoms with Crippen LogP contribution in [0.2, 0.25) is 10.0 Å². The van der Waals surface area contributed by atoms with E-state index >= 15 is 0 Å². The highest BCUT2D eigenvalue weighted by molar-refractivity contribution is 7.21. The maximum Gasteiger partial charge on any atom is 0.349 e. The lowest BCUT2D eigenvalue weighted by Gasteiger charge is -2.05. The van der Waals surface area contributed by atoms with Gasteiger partial charge in [0, 0.05) is 15.8 Å². The van der Waals surface area contributed by atoms with Crippen molar-refractivity contribution in [2.75, 3.05) is 12.4 Å². The minimum Gasteiger partial charge on any atom is -0.465 e. The normalized spacial score (nSPS) is 11.6. The first-order valence-corrected chi connectivity index (χ1v) is 11.2. The van der Waals surface area contributed by atoms with Crippen LogP contribution in [0.3, 0.4) is 0 Å². The van der Waals surface area contributed by atoms with Crippen LogP contribution in [-0.4, -0.2) is 28.8 Å². The maximum absolute atomic E-state index is 13.3. The summed E-state index contributed by atoms with van der Waals surface area (Å²) in [5.74, 6) is -1.39. The molecule has 1 amide bonds. The number of amides is 1. The zero-order valence-corrected chi connectivity index (χ0v) is 19.8. The number of methoxy groups -OCH3 is 1. The molecule has 3 aromatic heterocycles. The molecule has 0 unspecified atom stereocenters. The van der Waals surface area contributed by atoms with Crippen molar-refractivity contribution >= 4 is 62.2 Å². The second kappa shape index (κ2) is 9.88. The quantitative estimate of drug-likeness (QED) is 0.199. The van der Waals surface area contributed by atoms with Gasteiger partial charge in [-0.2, -0.15) is 5.10 Å². The monoisotopic (exact) mass is 549 g/mol. The molecule has 0 aliphatic heterocycles. The van der Waals surface area contributed by atoms with Crippen molar-refractivity contribution in [2.45, 2.75) is 19.4 Å². The molecule has 3 heterocycles. The molecule has 0 radical (unpaired) electrons. The summed E-state index contributed by atoms with van der Waals surface area (Å²) < 4.78 is 64.0. The Morgan fingerprint density at radius 2 is 1.89 bits per heavy atom. The van der Waals surface area contributed by atoms with Gasteiger partial charge < -0.3 is 14.5 Å². The van der Waals surface area contributed by atoms with Crippen LogP contribution in [0.15, 0.2) is 34.7 Å². The second-order valence-corrected chi connectivity index (χ2v) is 8.82. The lowest BCUT2D eigenvalue weighted by Crippen LogP contribution is -2.11. The molecule has 1 N–H and O–H groups in total. The number of furan rings is 1. The lowest BCUT2D eigenvalue weighted by molar-refractivity contribution is 0.0606. The Morgan fingerprint density at radius 1 is 1.14 bits per heavy atom. The number of carbonyl (C=O) groups excluding carboxylic acids is 2. The molecule has 35 heavy (non-hydrogen) atoms. The van der Waals surface area contributed by atoms with Crippen LogP contribution in [-0.2, 0) is 11.3 Å². The molecule has 4 aromatic rings. The van der Waals surface area contributed by atoms with E-state index in [4.69, 9.17) is 32.4 Å². The van der Waals surface area contributed by atoms with E-state index in [1.54, 1.807) is 18.2 Å². The van der Waals surface area contributed by atoms with Crippen molar-refractivity contribution in [3.05, 3.63) is 68.2 Å². The van der Waals surface area contributed by atoms with Crippen LogP contribution in [0.25, 0.3) is 10.1 Å². The number of nitrogens with zero attached hydrogens (tertiary/aromatic N) is 2. The molecule has 14 heteroatoms. The third-order valence-electron chi connectivity index (χ3n) is 4.82. The lowest BCUT2D eigenvalue weighted by atomic mass is 10.2. The largest absolute Gasteiger partial charge is 0.465 e. The predicted molar refractivity (Wildman–Crippen MR) is 121 cm³/mol. The van der Waals surface area contributed by atoms with E-state index < -0.39 is 47.7 Å². The van der Waals surface area contributed by atoms with Gasteiger partial charge in [-0.1, -0.05) is 23.2 Å². The first-order chi connectivity index (χ1) is 16.6. The molecule has 0 aliphatic rings. The van der Waals surface area contributed by atoms with E-state index in [2.05, 4.69) is 10.4 Å². The van der Waals surface area contributed by atoms with Crippen LogP contribution < -0.4 is 5.32 Å². The Labute approximate surface area is 208 Å². The summed E-state index contributed by atoms with van der Waals surface area (Å²) in [5.41, 5.74) is -1.47. The highest BCUT2D eigenvalue weighted by Crippen LogP contribution is 2.37. The van der Waals surface area contributed by atoms with Gasteiger partial charge in [0.25, 0.3) is 18.8 Å². The van der Waals surface area contributed by atoms with Crippen LogP contribution in [0.1, 0.15) is 50.2 Å². The summed E-state index contributed by atoms with van der Waals surface area (Å²) in [7, 11) is 1.24. The number of aromatic nitrogens is 2. The molecule has 0 fully saturated rings. The van der Waals surface area contributed by atoms with E-state index in [9.17, 15) is 27.2 Å². The summed E-state index contributed by atoms with van der Waals surface area (Å²) in [6, 6.07) is 7.41. The van der Waals surface area contributed by atoms with Crippen LogP contribution in [0, 0.1) is 0 Å². The molecular weight excluding hydrogens is 537 g/mol. The first-order valence-electron chi connectivity index (χ1n) is 9.63. The Bertz CT molecular complexity index is 1430. The van der Waals surface area contributed by atoms with E-state index in [0.29, 0.717) is 20.5 Å². The van der Waals surface area contributed by atoms with E-state index in [1.165, 1.54) is 19.2 Å². The number of alkyl halides is 4. The zero-order valence-electron chi connectivity index (χ0n) is 17.5. The highest BCUT2D eigenvalue weighted by atomic mass is 35.5. The number of esters is 1. The van der Waals surface area contributed by atoms with Gasteiger partial charge >= 0.3 is 5.97 Å². The fourth-order valence-electron chi connectivity index (χ4n) is 3.23. The molecule has 0 bridgehead atoms. The van der Waals surface area contributed by atoms with Gasteiger partial charge in [0.05, 0.1) is 23.7 Å². The topological polar surface area (TPSA) is 86.4 Å². The van der Waals surface area contributed by atoms with Gasteiger partial charge in [-0.15, -0.1) is 11.3 Å². The molecule has 0 saturated carbocycles. The molecule has 0 aliphatic carbocycles. The number of ether oxygens (including phenoxy) is 1. The van der Waals surface area contributed by atoms with Crippen molar-refractivity contribution in [2.24, 2.45) is 0 Å². The van der Waals surface area contributed by atoms with Crippen LogP contribution >= 0.6 is 34.5 Å². The number of carbonyl (C=O) groups is 2.